The zero-order valence-corrected chi connectivity index (χ0v) is 16.4. The molecule has 0 aliphatic heterocycles. The zero-order chi connectivity index (χ0) is 19.7. The lowest BCUT2D eigenvalue weighted by Gasteiger charge is -2.14. The van der Waals surface area contributed by atoms with Crippen LogP contribution < -0.4 is 14.8 Å². The van der Waals surface area contributed by atoms with Crippen molar-refractivity contribution in [1.82, 2.24) is 0 Å². The molecular weight excluding hydrogens is 358 g/mol. The van der Waals surface area contributed by atoms with Crippen LogP contribution in [0.15, 0.2) is 97.1 Å². The number of fused-ring (bicyclic) bond motifs is 1. The third-order valence-corrected chi connectivity index (χ3v) is 4.83. The lowest BCUT2D eigenvalue weighted by Crippen LogP contribution is -2.11. The van der Waals surface area contributed by atoms with Gasteiger partial charge in [0, 0.05) is 6.54 Å². The lowest BCUT2D eigenvalue weighted by molar-refractivity contribution is 0.218. The standard InChI is InChI=1S/C26H25NO2/c1-2-12-23(13-3-1)28-19-20-29-26-16-7-6-15-25(26)27-18-17-22-11-8-10-21-9-4-5-14-24(21)22/h1-16,27H,17-20H2. The smallest absolute Gasteiger partial charge is 0.142 e. The molecule has 3 nitrogen and oxygen atoms in total. The van der Waals surface area contributed by atoms with Crippen LogP contribution in [0.4, 0.5) is 5.69 Å². The Hall–Kier alpha value is -3.46. The van der Waals surface area contributed by atoms with Crippen molar-refractivity contribution >= 4 is 16.5 Å². The molecule has 29 heavy (non-hydrogen) atoms. The predicted molar refractivity (Wildman–Crippen MR) is 120 cm³/mol. The molecule has 0 heterocycles. The van der Waals surface area contributed by atoms with E-state index in [-0.39, 0.29) is 0 Å². The molecule has 3 heteroatoms. The Balaban J connectivity index is 1.31. The van der Waals surface area contributed by atoms with Crippen molar-refractivity contribution in [2.24, 2.45) is 0 Å². The van der Waals surface area contributed by atoms with E-state index in [0.717, 1.165) is 30.2 Å². The van der Waals surface area contributed by atoms with Gasteiger partial charge in [0.05, 0.1) is 5.69 Å². The van der Waals surface area contributed by atoms with Crippen LogP contribution in [0.2, 0.25) is 0 Å². The molecule has 4 aromatic rings. The van der Waals surface area contributed by atoms with Crippen LogP contribution in [0.5, 0.6) is 11.5 Å². The Morgan fingerprint density at radius 2 is 1.34 bits per heavy atom. The van der Waals surface area contributed by atoms with Crippen LogP contribution in [-0.2, 0) is 6.42 Å². The zero-order valence-electron chi connectivity index (χ0n) is 16.4. The summed E-state index contributed by atoms with van der Waals surface area (Å²) in [7, 11) is 0. The molecule has 0 saturated carbocycles. The minimum Gasteiger partial charge on any atom is -0.490 e. The topological polar surface area (TPSA) is 30.5 Å². The molecule has 0 radical (unpaired) electrons. The molecule has 0 bridgehead atoms. The predicted octanol–water partition coefficient (Wildman–Crippen LogP) is 5.95. The van der Waals surface area contributed by atoms with Gasteiger partial charge in [0.25, 0.3) is 0 Å². The van der Waals surface area contributed by atoms with Crippen LogP contribution in [0.25, 0.3) is 10.8 Å². The van der Waals surface area contributed by atoms with Gasteiger partial charge in [-0.05, 0) is 47.0 Å². The van der Waals surface area contributed by atoms with E-state index >= 15 is 0 Å². The third-order valence-electron chi connectivity index (χ3n) is 4.83. The molecule has 146 valence electrons. The number of benzene rings is 4. The molecule has 0 saturated heterocycles. The number of hydrogen-bond donors (Lipinski definition) is 1. The van der Waals surface area contributed by atoms with Crippen molar-refractivity contribution in [1.29, 1.82) is 0 Å². The first-order valence-electron chi connectivity index (χ1n) is 10.0. The Bertz CT molecular complexity index is 1040. The second-order valence-corrected chi connectivity index (χ2v) is 6.82. The highest BCUT2D eigenvalue weighted by Crippen LogP contribution is 2.24. The minimum atomic E-state index is 0.497. The molecule has 0 fully saturated rings. The molecule has 0 unspecified atom stereocenters. The van der Waals surface area contributed by atoms with Gasteiger partial charge in [-0.25, -0.2) is 0 Å². The molecule has 0 amide bonds. The van der Waals surface area contributed by atoms with E-state index < -0.39 is 0 Å². The Morgan fingerprint density at radius 1 is 0.621 bits per heavy atom. The van der Waals surface area contributed by atoms with Gasteiger partial charge in [-0.3, -0.25) is 0 Å². The maximum Gasteiger partial charge on any atom is 0.142 e. The Kier molecular flexibility index (Phi) is 6.28. The van der Waals surface area contributed by atoms with Crippen molar-refractivity contribution in [2.75, 3.05) is 25.1 Å². The fourth-order valence-corrected chi connectivity index (χ4v) is 3.41. The van der Waals surface area contributed by atoms with Crippen LogP contribution in [0.1, 0.15) is 5.56 Å². The second-order valence-electron chi connectivity index (χ2n) is 6.82. The fourth-order valence-electron chi connectivity index (χ4n) is 3.41. The maximum absolute atomic E-state index is 5.94. The number of ether oxygens (including phenoxy) is 2. The summed E-state index contributed by atoms with van der Waals surface area (Å²) in [6.07, 6.45) is 0.951. The summed E-state index contributed by atoms with van der Waals surface area (Å²) in [5, 5.41) is 6.12. The van der Waals surface area contributed by atoms with Crippen molar-refractivity contribution < 1.29 is 9.47 Å². The van der Waals surface area contributed by atoms with Crippen LogP contribution in [-0.4, -0.2) is 19.8 Å². The second kappa shape index (κ2) is 9.65. The van der Waals surface area contributed by atoms with Crippen molar-refractivity contribution in [3.8, 4) is 11.5 Å². The first-order chi connectivity index (χ1) is 14.4. The number of anilines is 1. The summed E-state index contributed by atoms with van der Waals surface area (Å²) in [5.41, 5.74) is 2.36. The molecule has 4 aromatic carbocycles. The molecule has 0 spiro atoms. The average molecular weight is 383 g/mol. The quantitative estimate of drug-likeness (QED) is 0.362. The van der Waals surface area contributed by atoms with Gasteiger partial charge in [-0.1, -0.05) is 72.8 Å². The summed E-state index contributed by atoms with van der Waals surface area (Å²) in [4.78, 5) is 0. The molecule has 1 N–H and O–H groups in total. The van der Waals surface area contributed by atoms with Gasteiger partial charge in [-0.2, -0.15) is 0 Å². The molecule has 0 atom stereocenters. The highest BCUT2D eigenvalue weighted by atomic mass is 16.5. The van der Waals surface area contributed by atoms with E-state index in [9.17, 15) is 0 Å². The van der Waals surface area contributed by atoms with E-state index in [1.165, 1.54) is 16.3 Å². The number of nitrogens with one attached hydrogen (secondary N) is 1. The third kappa shape index (κ3) is 5.08. The number of rotatable bonds is 9. The van der Waals surface area contributed by atoms with Crippen LogP contribution in [0, 0.1) is 0 Å². The fraction of sp³-hybridized carbons (Fsp3) is 0.154. The van der Waals surface area contributed by atoms with E-state index in [0.29, 0.717) is 13.2 Å². The normalized spacial score (nSPS) is 10.6. The largest absolute Gasteiger partial charge is 0.490 e. The van der Waals surface area contributed by atoms with E-state index in [2.05, 4.69) is 53.8 Å². The van der Waals surface area contributed by atoms with Gasteiger partial charge in [0.2, 0.25) is 0 Å². The molecule has 0 aliphatic rings. The first-order valence-corrected chi connectivity index (χ1v) is 10.0. The number of hydrogen-bond acceptors (Lipinski definition) is 3. The summed E-state index contributed by atoms with van der Waals surface area (Å²) < 4.78 is 11.6. The monoisotopic (exact) mass is 383 g/mol. The van der Waals surface area contributed by atoms with Gasteiger partial charge >= 0.3 is 0 Å². The maximum atomic E-state index is 5.94. The van der Waals surface area contributed by atoms with Crippen molar-refractivity contribution in [2.45, 2.75) is 6.42 Å². The lowest BCUT2D eigenvalue weighted by atomic mass is 10.0. The summed E-state index contributed by atoms with van der Waals surface area (Å²) in [6.45, 7) is 1.85. The summed E-state index contributed by atoms with van der Waals surface area (Å²) >= 11 is 0. The Morgan fingerprint density at radius 3 is 2.28 bits per heavy atom. The van der Waals surface area contributed by atoms with E-state index in [4.69, 9.17) is 9.47 Å². The van der Waals surface area contributed by atoms with Gasteiger partial charge in [0.15, 0.2) is 0 Å². The van der Waals surface area contributed by atoms with Gasteiger partial charge in [0.1, 0.15) is 24.7 Å². The SMILES string of the molecule is c1ccc(OCCOc2ccccc2NCCc2cccc3ccccc23)cc1. The average Bonchev–Trinajstić information content (AvgIpc) is 2.78. The number of para-hydroxylation sites is 3. The molecular formula is C26H25NO2. The van der Waals surface area contributed by atoms with Crippen LogP contribution >= 0.6 is 0 Å². The summed E-state index contributed by atoms with van der Waals surface area (Å²) in [6, 6.07) is 32.9. The summed E-state index contributed by atoms with van der Waals surface area (Å²) in [5.74, 6) is 1.71. The van der Waals surface area contributed by atoms with Gasteiger partial charge in [-0.15, -0.1) is 0 Å². The highest BCUT2D eigenvalue weighted by Gasteiger charge is 2.04. The van der Waals surface area contributed by atoms with E-state index in [1.54, 1.807) is 0 Å². The highest BCUT2D eigenvalue weighted by molar-refractivity contribution is 5.85. The Labute approximate surface area is 171 Å². The van der Waals surface area contributed by atoms with Gasteiger partial charge < -0.3 is 14.8 Å². The van der Waals surface area contributed by atoms with Crippen LogP contribution in [0.3, 0.4) is 0 Å². The van der Waals surface area contributed by atoms with Crippen molar-refractivity contribution in [3.05, 3.63) is 103 Å². The molecule has 4 rings (SSSR count). The molecule has 0 aromatic heterocycles. The van der Waals surface area contributed by atoms with E-state index in [1.807, 2.05) is 48.5 Å². The first kappa shape index (κ1) is 18.9. The molecule has 0 aliphatic carbocycles. The van der Waals surface area contributed by atoms with Crippen molar-refractivity contribution in [3.63, 3.8) is 0 Å². The minimum absolute atomic E-state index is 0.497.